The molecule has 1 heterocycles. The highest BCUT2D eigenvalue weighted by Crippen LogP contribution is 2.15. The number of rotatable bonds is 5. The molecule has 3 rings (SSSR count). The van der Waals surface area contributed by atoms with Gasteiger partial charge >= 0.3 is 5.97 Å². The number of hydrogen-bond donors (Lipinski definition) is 0. The number of aromatic nitrogens is 4. The van der Waals surface area contributed by atoms with Gasteiger partial charge in [-0.05, 0) is 53.7 Å². The van der Waals surface area contributed by atoms with Crippen molar-refractivity contribution in [3.05, 3.63) is 70.5 Å². The maximum Gasteiger partial charge on any atom is 0.338 e. The van der Waals surface area contributed by atoms with Crippen molar-refractivity contribution in [3.63, 3.8) is 0 Å². The van der Waals surface area contributed by atoms with Gasteiger partial charge in [-0.1, -0.05) is 28.1 Å². The molecule has 0 N–H and O–H groups in total. The van der Waals surface area contributed by atoms with Gasteiger partial charge in [-0.2, -0.15) is 0 Å². The highest BCUT2D eigenvalue weighted by Gasteiger charge is 2.20. The molecular formula is C17H13BrN4O3. The van der Waals surface area contributed by atoms with Crippen LogP contribution in [-0.4, -0.2) is 38.1 Å². The summed E-state index contributed by atoms with van der Waals surface area (Å²) in [4.78, 5) is 24.5. The number of carbonyl (C=O) groups is 2. The number of tetrazole rings is 1. The second-order valence-electron chi connectivity index (χ2n) is 5.22. The first-order chi connectivity index (χ1) is 12.0. The van der Waals surface area contributed by atoms with Crippen LogP contribution < -0.4 is 0 Å². The smallest absolute Gasteiger partial charge is 0.338 e. The Morgan fingerprint density at radius 2 is 1.68 bits per heavy atom. The number of ketones is 1. The lowest BCUT2D eigenvalue weighted by molar-refractivity contribution is 0.0319. The second-order valence-corrected chi connectivity index (χ2v) is 6.14. The van der Waals surface area contributed by atoms with Crippen LogP contribution in [0.3, 0.4) is 0 Å². The Balaban J connectivity index is 1.67. The Labute approximate surface area is 151 Å². The first kappa shape index (κ1) is 17.0. The minimum absolute atomic E-state index is 0.258. The van der Waals surface area contributed by atoms with Crippen molar-refractivity contribution < 1.29 is 14.3 Å². The van der Waals surface area contributed by atoms with E-state index >= 15 is 0 Å². The molecule has 0 saturated heterocycles. The van der Waals surface area contributed by atoms with Gasteiger partial charge in [-0.15, -0.1) is 5.10 Å². The van der Waals surface area contributed by atoms with Gasteiger partial charge in [0.1, 0.15) is 6.33 Å². The van der Waals surface area contributed by atoms with Gasteiger partial charge in [0.05, 0.1) is 11.3 Å². The summed E-state index contributed by atoms with van der Waals surface area (Å²) < 4.78 is 7.60. The average molecular weight is 401 g/mol. The fraction of sp³-hybridized carbons (Fsp3) is 0.118. The van der Waals surface area contributed by atoms with Gasteiger partial charge in [-0.25, -0.2) is 9.48 Å². The molecular weight excluding hydrogens is 388 g/mol. The third kappa shape index (κ3) is 3.97. The predicted octanol–water partition coefficient (Wildman–Crippen LogP) is 2.85. The molecule has 1 aromatic heterocycles. The van der Waals surface area contributed by atoms with E-state index in [2.05, 4.69) is 31.5 Å². The number of hydrogen-bond acceptors (Lipinski definition) is 6. The third-order valence-corrected chi connectivity index (χ3v) is 4.03. The van der Waals surface area contributed by atoms with Crippen LogP contribution in [0, 0.1) is 0 Å². The molecule has 126 valence electrons. The molecule has 8 heteroatoms. The van der Waals surface area contributed by atoms with E-state index in [9.17, 15) is 9.59 Å². The molecule has 0 saturated carbocycles. The Kier molecular flexibility index (Phi) is 4.99. The van der Waals surface area contributed by atoms with Crippen molar-refractivity contribution in [2.75, 3.05) is 0 Å². The van der Waals surface area contributed by atoms with Gasteiger partial charge in [0.25, 0.3) is 0 Å². The number of Topliss-reactive ketones (excluding diaryl/α,β-unsaturated/α-hetero) is 1. The maximum atomic E-state index is 12.3. The van der Waals surface area contributed by atoms with Crippen LogP contribution in [0.15, 0.2) is 59.3 Å². The molecule has 0 radical (unpaired) electrons. The molecule has 7 nitrogen and oxygen atoms in total. The SMILES string of the molecule is C[C@@H](OC(=O)c1ccc(-n2cnnn2)cc1)C(=O)c1ccc(Br)cc1. The number of ether oxygens (including phenoxy) is 1. The number of carbonyl (C=O) groups excluding carboxylic acids is 2. The highest BCUT2D eigenvalue weighted by molar-refractivity contribution is 9.10. The minimum atomic E-state index is -0.882. The second kappa shape index (κ2) is 7.35. The number of benzene rings is 2. The molecule has 2 aromatic carbocycles. The lowest BCUT2D eigenvalue weighted by atomic mass is 10.1. The molecule has 25 heavy (non-hydrogen) atoms. The standard InChI is InChI=1S/C17H13BrN4O3/c1-11(16(23)12-2-6-14(18)7-3-12)25-17(24)13-4-8-15(9-5-13)22-10-19-20-21-22/h2-11H,1H3/t11-/m1/s1. The molecule has 0 aliphatic rings. The summed E-state index contributed by atoms with van der Waals surface area (Å²) in [5, 5.41) is 10.9. The van der Waals surface area contributed by atoms with E-state index in [4.69, 9.17) is 4.74 Å². The summed E-state index contributed by atoms with van der Waals surface area (Å²) in [6.45, 7) is 1.55. The summed E-state index contributed by atoms with van der Waals surface area (Å²) in [7, 11) is 0. The highest BCUT2D eigenvalue weighted by atomic mass is 79.9. The first-order valence-electron chi connectivity index (χ1n) is 7.39. The molecule has 1 atom stereocenters. The van der Waals surface area contributed by atoms with Crippen molar-refractivity contribution in [2.45, 2.75) is 13.0 Å². The monoisotopic (exact) mass is 400 g/mol. The molecule has 0 aliphatic carbocycles. The molecule has 3 aromatic rings. The Morgan fingerprint density at radius 1 is 1.04 bits per heavy atom. The van der Waals surface area contributed by atoms with Crippen LogP contribution in [0.1, 0.15) is 27.6 Å². The van der Waals surface area contributed by atoms with E-state index < -0.39 is 12.1 Å². The maximum absolute atomic E-state index is 12.3. The van der Waals surface area contributed by atoms with E-state index in [1.54, 1.807) is 55.5 Å². The molecule has 0 aliphatic heterocycles. The zero-order chi connectivity index (χ0) is 17.8. The molecule has 0 bridgehead atoms. The van der Waals surface area contributed by atoms with Crippen LogP contribution in [-0.2, 0) is 4.74 Å². The van der Waals surface area contributed by atoms with Gasteiger partial charge in [0, 0.05) is 10.0 Å². The quantitative estimate of drug-likeness (QED) is 0.483. The van der Waals surface area contributed by atoms with Crippen molar-refractivity contribution >= 4 is 27.7 Å². The van der Waals surface area contributed by atoms with E-state index in [1.165, 1.54) is 11.0 Å². The topological polar surface area (TPSA) is 87.0 Å². The lowest BCUT2D eigenvalue weighted by Crippen LogP contribution is -2.24. The van der Waals surface area contributed by atoms with Crippen LogP contribution in [0.5, 0.6) is 0 Å². The van der Waals surface area contributed by atoms with Crippen LogP contribution in [0.25, 0.3) is 5.69 Å². The lowest BCUT2D eigenvalue weighted by Gasteiger charge is -2.12. The molecule has 0 amide bonds. The van der Waals surface area contributed by atoms with Crippen molar-refractivity contribution in [3.8, 4) is 5.69 Å². The Hall–Kier alpha value is -2.87. The fourth-order valence-electron chi connectivity index (χ4n) is 2.16. The summed E-state index contributed by atoms with van der Waals surface area (Å²) >= 11 is 3.31. The Morgan fingerprint density at radius 3 is 2.28 bits per heavy atom. The average Bonchev–Trinajstić information content (AvgIpc) is 3.16. The zero-order valence-corrected chi connectivity index (χ0v) is 14.8. The van der Waals surface area contributed by atoms with Gasteiger partial charge in [0.2, 0.25) is 5.78 Å². The molecule has 0 fully saturated rings. The van der Waals surface area contributed by atoms with E-state index in [0.29, 0.717) is 16.8 Å². The van der Waals surface area contributed by atoms with Crippen LogP contribution in [0.4, 0.5) is 0 Å². The number of nitrogens with zero attached hydrogens (tertiary/aromatic N) is 4. The van der Waals surface area contributed by atoms with Crippen LogP contribution in [0.2, 0.25) is 0 Å². The largest absolute Gasteiger partial charge is 0.451 e. The third-order valence-electron chi connectivity index (χ3n) is 3.50. The summed E-state index contributed by atoms with van der Waals surface area (Å²) in [6, 6.07) is 13.4. The van der Waals surface area contributed by atoms with Crippen molar-refractivity contribution in [1.29, 1.82) is 0 Å². The van der Waals surface area contributed by atoms with Crippen molar-refractivity contribution in [1.82, 2.24) is 20.2 Å². The van der Waals surface area contributed by atoms with Crippen molar-refractivity contribution in [2.24, 2.45) is 0 Å². The van der Waals surface area contributed by atoms with E-state index in [-0.39, 0.29) is 5.78 Å². The summed E-state index contributed by atoms with van der Waals surface area (Å²) in [5.41, 5.74) is 1.53. The van der Waals surface area contributed by atoms with E-state index in [0.717, 1.165) is 4.47 Å². The Bertz CT molecular complexity index is 877. The number of esters is 1. The zero-order valence-electron chi connectivity index (χ0n) is 13.2. The first-order valence-corrected chi connectivity index (χ1v) is 8.18. The van der Waals surface area contributed by atoms with Gasteiger partial charge in [-0.3, -0.25) is 4.79 Å². The summed E-state index contributed by atoms with van der Waals surface area (Å²) in [6.07, 6.45) is 0.569. The number of halogens is 1. The van der Waals surface area contributed by atoms with E-state index in [1.807, 2.05) is 0 Å². The van der Waals surface area contributed by atoms with Gasteiger partial charge in [0.15, 0.2) is 6.10 Å². The normalized spacial score (nSPS) is 11.8. The van der Waals surface area contributed by atoms with Crippen LogP contribution >= 0.6 is 15.9 Å². The summed E-state index contributed by atoms with van der Waals surface area (Å²) in [5.74, 6) is -0.826. The minimum Gasteiger partial charge on any atom is -0.451 e. The fourth-order valence-corrected chi connectivity index (χ4v) is 2.43. The predicted molar refractivity (Wildman–Crippen MR) is 92.5 cm³/mol. The van der Waals surface area contributed by atoms with Gasteiger partial charge < -0.3 is 4.74 Å². The molecule has 0 unspecified atom stereocenters. The molecule has 0 spiro atoms.